The number of benzene rings is 1. The molecule has 0 fully saturated rings. The number of methoxy groups -OCH3 is 1. The average molecular weight is 293 g/mol. The van der Waals surface area contributed by atoms with Gasteiger partial charge in [-0.2, -0.15) is 0 Å². The fourth-order valence-electron chi connectivity index (χ4n) is 2.59. The standard InChI is InChI=1S/C18H31NO2/c1-6-8-15(4)12-21-13-17(19-7-2)16-11-14(3)9-10-18(16)20-5/h9-11,15,17,19H,6-8,12-13H2,1-5H3. The Morgan fingerprint density at radius 3 is 2.57 bits per heavy atom. The van der Waals surface area contributed by atoms with Crippen molar-refractivity contribution in [3.63, 3.8) is 0 Å². The normalized spacial score (nSPS) is 14.0. The molecule has 0 aliphatic rings. The molecule has 1 N–H and O–H groups in total. The molecule has 1 rings (SSSR count). The molecular weight excluding hydrogens is 262 g/mol. The van der Waals surface area contributed by atoms with E-state index in [0.717, 1.165) is 18.9 Å². The molecule has 21 heavy (non-hydrogen) atoms. The molecule has 1 aromatic carbocycles. The van der Waals surface area contributed by atoms with E-state index >= 15 is 0 Å². The zero-order valence-corrected chi connectivity index (χ0v) is 14.2. The van der Waals surface area contributed by atoms with Crippen LogP contribution < -0.4 is 10.1 Å². The van der Waals surface area contributed by atoms with Crippen LogP contribution in [0.2, 0.25) is 0 Å². The van der Waals surface area contributed by atoms with E-state index in [9.17, 15) is 0 Å². The lowest BCUT2D eigenvalue weighted by Gasteiger charge is -2.22. The van der Waals surface area contributed by atoms with E-state index in [0.29, 0.717) is 12.5 Å². The highest BCUT2D eigenvalue weighted by molar-refractivity contribution is 5.39. The largest absolute Gasteiger partial charge is 0.496 e. The van der Waals surface area contributed by atoms with E-state index in [2.05, 4.69) is 45.1 Å². The Hall–Kier alpha value is -1.06. The van der Waals surface area contributed by atoms with E-state index < -0.39 is 0 Å². The van der Waals surface area contributed by atoms with Crippen LogP contribution in [0.1, 0.15) is 50.8 Å². The molecule has 1 aromatic rings. The van der Waals surface area contributed by atoms with Gasteiger partial charge in [0.15, 0.2) is 0 Å². The van der Waals surface area contributed by atoms with Crippen molar-refractivity contribution in [3.8, 4) is 5.75 Å². The summed E-state index contributed by atoms with van der Waals surface area (Å²) in [7, 11) is 1.72. The number of hydrogen-bond donors (Lipinski definition) is 1. The number of hydrogen-bond acceptors (Lipinski definition) is 3. The molecule has 0 spiro atoms. The first-order valence-corrected chi connectivity index (χ1v) is 8.07. The van der Waals surface area contributed by atoms with Gasteiger partial charge >= 0.3 is 0 Å². The Balaban J connectivity index is 2.70. The third-order valence-corrected chi connectivity index (χ3v) is 3.68. The molecule has 0 aliphatic carbocycles. The van der Waals surface area contributed by atoms with Crippen molar-refractivity contribution in [2.24, 2.45) is 5.92 Å². The minimum Gasteiger partial charge on any atom is -0.496 e. The monoisotopic (exact) mass is 293 g/mol. The SMILES string of the molecule is CCCC(C)COCC(NCC)c1cc(C)ccc1OC. The van der Waals surface area contributed by atoms with E-state index in [-0.39, 0.29) is 6.04 Å². The number of ether oxygens (including phenoxy) is 2. The first kappa shape index (κ1) is 18.0. The van der Waals surface area contributed by atoms with E-state index in [1.165, 1.54) is 24.0 Å². The predicted octanol–water partition coefficient (Wildman–Crippen LogP) is 4.11. The van der Waals surface area contributed by atoms with E-state index in [4.69, 9.17) is 9.47 Å². The highest BCUT2D eigenvalue weighted by atomic mass is 16.5. The summed E-state index contributed by atoms with van der Waals surface area (Å²) in [6.07, 6.45) is 2.44. The Labute approximate surface area is 130 Å². The molecule has 0 bridgehead atoms. The molecule has 0 aromatic heterocycles. The highest BCUT2D eigenvalue weighted by Crippen LogP contribution is 2.26. The summed E-state index contributed by atoms with van der Waals surface area (Å²) >= 11 is 0. The second-order valence-corrected chi connectivity index (χ2v) is 5.79. The maximum Gasteiger partial charge on any atom is 0.123 e. The van der Waals surface area contributed by atoms with Gasteiger partial charge < -0.3 is 14.8 Å². The molecule has 3 heteroatoms. The van der Waals surface area contributed by atoms with Crippen molar-refractivity contribution in [2.75, 3.05) is 26.9 Å². The topological polar surface area (TPSA) is 30.5 Å². The van der Waals surface area contributed by atoms with Crippen molar-refractivity contribution >= 4 is 0 Å². The minimum atomic E-state index is 0.179. The van der Waals surface area contributed by atoms with Gasteiger partial charge in [-0.25, -0.2) is 0 Å². The van der Waals surface area contributed by atoms with Crippen LogP contribution >= 0.6 is 0 Å². The Bertz CT molecular complexity index is 406. The first-order chi connectivity index (χ1) is 10.1. The molecule has 0 amide bonds. The van der Waals surface area contributed by atoms with Gasteiger partial charge in [0.1, 0.15) is 5.75 Å². The zero-order chi connectivity index (χ0) is 15.7. The number of rotatable bonds is 10. The quantitative estimate of drug-likeness (QED) is 0.704. The molecule has 0 saturated carbocycles. The number of nitrogens with one attached hydrogen (secondary N) is 1. The van der Waals surface area contributed by atoms with Gasteiger partial charge in [-0.3, -0.25) is 0 Å². The van der Waals surface area contributed by atoms with Crippen LogP contribution in [-0.2, 0) is 4.74 Å². The van der Waals surface area contributed by atoms with Crippen molar-refractivity contribution in [1.29, 1.82) is 0 Å². The van der Waals surface area contributed by atoms with Gasteiger partial charge in [0.2, 0.25) is 0 Å². The van der Waals surface area contributed by atoms with Crippen LogP contribution in [-0.4, -0.2) is 26.9 Å². The molecule has 3 nitrogen and oxygen atoms in total. The first-order valence-electron chi connectivity index (χ1n) is 8.07. The van der Waals surface area contributed by atoms with E-state index in [1.54, 1.807) is 7.11 Å². The van der Waals surface area contributed by atoms with Crippen molar-refractivity contribution in [1.82, 2.24) is 5.32 Å². The third kappa shape index (κ3) is 6.06. The molecule has 0 radical (unpaired) electrons. The lowest BCUT2D eigenvalue weighted by Crippen LogP contribution is -2.26. The molecule has 0 aliphatic heterocycles. The average Bonchev–Trinajstić information content (AvgIpc) is 2.46. The molecule has 120 valence electrons. The van der Waals surface area contributed by atoms with Gasteiger partial charge in [0.05, 0.1) is 19.8 Å². The summed E-state index contributed by atoms with van der Waals surface area (Å²) in [5.41, 5.74) is 2.43. The molecular formula is C18H31NO2. The highest BCUT2D eigenvalue weighted by Gasteiger charge is 2.16. The lowest BCUT2D eigenvalue weighted by atomic mass is 10.0. The Morgan fingerprint density at radius 2 is 1.95 bits per heavy atom. The van der Waals surface area contributed by atoms with Crippen molar-refractivity contribution in [3.05, 3.63) is 29.3 Å². The summed E-state index contributed by atoms with van der Waals surface area (Å²) in [4.78, 5) is 0. The van der Waals surface area contributed by atoms with Crippen molar-refractivity contribution < 1.29 is 9.47 Å². The van der Waals surface area contributed by atoms with Gasteiger partial charge in [-0.15, -0.1) is 0 Å². The smallest absolute Gasteiger partial charge is 0.123 e. The second kappa shape index (κ2) is 9.80. The summed E-state index contributed by atoms with van der Waals surface area (Å²) in [5.74, 6) is 1.55. The number of aryl methyl sites for hydroxylation is 1. The minimum absolute atomic E-state index is 0.179. The van der Waals surface area contributed by atoms with Crippen LogP contribution in [0.15, 0.2) is 18.2 Å². The maximum absolute atomic E-state index is 5.94. The van der Waals surface area contributed by atoms with Crippen LogP contribution in [0, 0.1) is 12.8 Å². The van der Waals surface area contributed by atoms with Crippen molar-refractivity contribution in [2.45, 2.75) is 46.6 Å². The van der Waals surface area contributed by atoms with Gasteiger partial charge in [0.25, 0.3) is 0 Å². The molecule has 0 heterocycles. The van der Waals surface area contributed by atoms with Gasteiger partial charge in [-0.05, 0) is 31.9 Å². The Morgan fingerprint density at radius 1 is 1.19 bits per heavy atom. The van der Waals surface area contributed by atoms with Crippen LogP contribution in [0.25, 0.3) is 0 Å². The van der Waals surface area contributed by atoms with Crippen LogP contribution in [0.5, 0.6) is 5.75 Å². The van der Waals surface area contributed by atoms with Crippen LogP contribution in [0.4, 0.5) is 0 Å². The molecule has 2 atom stereocenters. The lowest BCUT2D eigenvalue weighted by molar-refractivity contribution is 0.0830. The van der Waals surface area contributed by atoms with Crippen LogP contribution in [0.3, 0.4) is 0 Å². The molecule has 2 unspecified atom stereocenters. The summed E-state index contributed by atoms with van der Waals surface area (Å²) in [5, 5.41) is 3.50. The van der Waals surface area contributed by atoms with Gasteiger partial charge in [-0.1, -0.05) is 44.9 Å². The summed E-state index contributed by atoms with van der Waals surface area (Å²) in [6.45, 7) is 11.1. The number of likely N-dealkylation sites (N-methyl/N-ethyl adjacent to an activating group) is 1. The Kier molecular flexibility index (Phi) is 8.40. The fraction of sp³-hybridized carbons (Fsp3) is 0.667. The second-order valence-electron chi connectivity index (χ2n) is 5.79. The van der Waals surface area contributed by atoms with E-state index in [1.807, 2.05) is 6.07 Å². The fourth-order valence-corrected chi connectivity index (χ4v) is 2.59. The maximum atomic E-state index is 5.94. The predicted molar refractivity (Wildman–Crippen MR) is 89.0 cm³/mol. The summed E-state index contributed by atoms with van der Waals surface area (Å²) < 4.78 is 11.4. The summed E-state index contributed by atoms with van der Waals surface area (Å²) in [6, 6.07) is 6.48. The molecule has 0 saturated heterocycles. The zero-order valence-electron chi connectivity index (χ0n) is 14.2. The van der Waals surface area contributed by atoms with Gasteiger partial charge in [0, 0.05) is 12.2 Å². The third-order valence-electron chi connectivity index (χ3n) is 3.68.